The van der Waals surface area contributed by atoms with E-state index in [2.05, 4.69) is 70.5 Å². The number of para-hydroxylation sites is 1. The summed E-state index contributed by atoms with van der Waals surface area (Å²) in [6.45, 7) is 0. The number of hydrogen-bond acceptors (Lipinski definition) is 2. The van der Waals surface area contributed by atoms with Crippen molar-refractivity contribution >= 4 is 37.5 Å². The Morgan fingerprint density at radius 3 is 2.67 bits per heavy atom. The van der Waals surface area contributed by atoms with Gasteiger partial charge in [-0.2, -0.15) is 0 Å². The Labute approximate surface area is 137 Å². The lowest BCUT2D eigenvalue weighted by atomic mass is 10.1. The second-order valence-electron chi connectivity index (χ2n) is 5.71. The minimum atomic E-state index is 0.531. The van der Waals surface area contributed by atoms with Gasteiger partial charge in [-0.1, -0.05) is 58.4 Å². The highest BCUT2D eigenvalue weighted by atomic mass is 79.9. The molecule has 106 valence electrons. The number of benzene rings is 2. The lowest BCUT2D eigenvalue weighted by Gasteiger charge is -2.07. The predicted octanol–water partition coefficient (Wildman–Crippen LogP) is 5.41. The first kappa shape index (κ1) is 13.5. The average molecular weight is 358 g/mol. The highest BCUT2D eigenvalue weighted by Gasteiger charge is 2.42. The summed E-state index contributed by atoms with van der Waals surface area (Å²) in [5.41, 5.74) is 2.61. The number of fused-ring (bicyclic) bond motifs is 1. The van der Waals surface area contributed by atoms with Crippen molar-refractivity contribution in [2.45, 2.75) is 23.6 Å². The third-order valence-corrected chi connectivity index (χ3v) is 6.30. The number of rotatable bonds is 4. The van der Waals surface area contributed by atoms with Gasteiger partial charge in [-0.3, -0.25) is 0 Å². The van der Waals surface area contributed by atoms with E-state index in [-0.39, 0.29) is 0 Å². The molecule has 1 aliphatic carbocycles. The minimum absolute atomic E-state index is 0.531. The zero-order valence-corrected chi connectivity index (χ0v) is 14.0. The molecule has 3 heteroatoms. The van der Waals surface area contributed by atoms with Crippen LogP contribution in [0.4, 0.5) is 0 Å². The fourth-order valence-electron chi connectivity index (χ4n) is 3.02. The molecule has 0 radical (unpaired) electrons. The van der Waals surface area contributed by atoms with Crippen molar-refractivity contribution in [3.05, 3.63) is 65.2 Å². The van der Waals surface area contributed by atoms with E-state index in [1.165, 1.54) is 21.7 Å². The van der Waals surface area contributed by atoms with Crippen molar-refractivity contribution in [1.29, 1.82) is 0 Å². The van der Waals surface area contributed by atoms with Crippen molar-refractivity contribution in [3.63, 3.8) is 0 Å². The van der Waals surface area contributed by atoms with Gasteiger partial charge in [0.2, 0.25) is 0 Å². The minimum Gasteiger partial charge on any atom is -0.241 e. The molecule has 0 spiro atoms. The molecular weight excluding hydrogens is 342 g/mol. The van der Waals surface area contributed by atoms with Gasteiger partial charge in [-0.15, -0.1) is 11.3 Å². The number of nitrogens with zero attached hydrogens (tertiary/aromatic N) is 1. The summed E-state index contributed by atoms with van der Waals surface area (Å²) < 4.78 is 1.29. The fourth-order valence-corrected chi connectivity index (χ4v) is 5.15. The van der Waals surface area contributed by atoms with E-state index >= 15 is 0 Å². The normalized spacial score (nSPS) is 22.3. The molecule has 21 heavy (non-hydrogen) atoms. The third kappa shape index (κ3) is 2.77. The Balaban J connectivity index is 1.46. The number of aromatic nitrogens is 1. The molecule has 0 bridgehead atoms. The predicted molar refractivity (Wildman–Crippen MR) is 93.3 cm³/mol. The number of hydrogen-bond donors (Lipinski definition) is 0. The van der Waals surface area contributed by atoms with Crippen molar-refractivity contribution in [2.24, 2.45) is 5.92 Å². The maximum absolute atomic E-state index is 4.75. The SMILES string of the molecule is BrC(Cc1nc2ccccc2s1)C1CC1c1ccccc1. The van der Waals surface area contributed by atoms with E-state index in [1.807, 2.05) is 11.3 Å². The van der Waals surface area contributed by atoms with Crippen LogP contribution < -0.4 is 0 Å². The van der Waals surface area contributed by atoms with Crippen LogP contribution in [0.2, 0.25) is 0 Å². The standard InChI is InChI=1S/C18H16BrNS/c19-15(14-10-13(14)12-6-2-1-3-7-12)11-18-20-16-8-4-5-9-17(16)21-18/h1-9,13-15H,10-11H2. The lowest BCUT2D eigenvalue weighted by Crippen LogP contribution is -2.06. The first-order valence-electron chi connectivity index (χ1n) is 7.35. The monoisotopic (exact) mass is 357 g/mol. The molecular formula is C18H16BrNS. The van der Waals surface area contributed by atoms with Gasteiger partial charge in [0.05, 0.1) is 15.2 Å². The molecule has 4 rings (SSSR count). The van der Waals surface area contributed by atoms with Gasteiger partial charge in [0.1, 0.15) is 0 Å². The van der Waals surface area contributed by atoms with Crippen LogP contribution in [0.1, 0.15) is 22.9 Å². The van der Waals surface area contributed by atoms with Gasteiger partial charge in [0.15, 0.2) is 0 Å². The fraction of sp³-hybridized carbons (Fsp3) is 0.278. The van der Waals surface area contributed by atoms with Crippen molar-refractivity contribution < 1.29 is 0 Å². The third-order valence-electron chi connectivity index (χ3n) is 4.24. The zero-order valence-electron chi connectivity index (χ0n) is 11.6. The van der Waals surface area contributed by atoms with Crippen molar-refractivity contribution in [2.75, 3.05) is 0 Å². The van der Waals surface area contributed by atoms with Crippen LogP contribution in [0.3, 0.4) is 0 Å². The van der Waals surface area contributed by atoms with E-state index in [9.17, 15) is 0 Å². The molecule has 1 aromatic heterocycles. The maximum Gasteiger partial charge on any atom is 0.0949 e. The zero-order chi connectivity index (χ0) is 14.2. The molecule has 3 aromatic rings. The highest BCUT2D eigenvalue weighted by molar-refractivity contribution is 9.09. The van der Waals surface area contributed by atoms with E-state index in [4.69, 9.17) is 4.98 Å². The summed E-state index contributed by atoms with van der Waals surface area (Å²) in [6, 6.07) is 19.3. The van der Waals surface area contributed by atoms with E-state index in [1.54, 1.807) is 0 Å². The Kier molecular flexibility index (Phi) is 3.56. The summed E-state index contributed by atoms with van der Waals surface area (Å²) in [4.78, 5) is 5.28. The molecule has 2 aromatic carbocycles. The molecule has 0 aliphatic heterocycles. The molecule has 1 heterocycles. The molecule has 3 unspecified atom stereocenters. The van der Waals surface area contributed by atoms with Gasteiger partial charge < -0.3 is 0 Å². The van der Waals surface area contributed by atoms with Crippen molar-refractivity contribution in [3.8, 4) is 0 Å². The van der Waals surface area contributed by atoms with Crippen LogP contribution in [0.15, 0.2) is 54.6 Å². The summed E-state index contributed by atoms with van der Waals surface area (Å²) >= 11 is 5.73. The van der Waals surface area contributed by atoms with Crippen LogP contribution in [-0.2, 0) is 6.42 Å². The topological polar surface area (TPSA) is 12.9 Å². The highest BCUT2D eigenvalue weighted by Crippen LogP contribution is 2.52. The molecule has 3 atom stereocenters. The molecule has 1 nitrogen and oxygen atoms in total. The largest absolute Gasteiger partial charge is 0.241 e. The molecule has 1 saturated carbocycles. The second kappa shape index (κ2) is 5.54. The number of halogens is 1. The van der Waals surface area contributed by atoms with Gasteiger partial charge in [0.25, 0.3) is 0 Å². The molecule has 0 amide bonds. The van der Waals surface area contributed by atoms with Gasteiger partial charge in [-0.25, -0.2) is 4.98 Å². The molecule has 0 N–H and O–H groups in total. The summed E-state index contributed by atoms with van der Waals surface area (Å²) in [5, 5.41) is 1.25. The quantitative estimate of drug-likeness (QED) is 0.569. The van der Waals surface area contributed by atoms with E-state index in [0.29, 0.717) is 4.83 Å². The maximum atomic E-state index is 4.75. The van der Waals surface area contributed by atoms with Gasteiger partial charge in [-0.05, 0) is 36.0 Å². The Morgan fingerprint density at radius 2 is 1.86 bits per heavy atom. The van der Waals surface area contributed by atoms with E-state index in [0.717, 1.165) is 23.8 Å². The van der Waals surface area contributed by atoms with Crippen molar-refractivity contribution in [1.82, 2.24) is 4.98 Å². The molecule has 0 saturated heterocycles. The van der Waals surface area contributed by atoms with Gasteiger partial charge >= 0.3 is 0 Å². The number of alkyl halides is 1. The summed E-state index contributed by atoms with van der Waals surface area (Å²) in [6.07, 6.45) is 2.33. The lowest BCUT2D eigenvalue weighted by molar-refractivity contribution is 0.733. The Bertz CT molecular complexity index is 719. The van der Waals surface area contributed by atoms with Crippen LogP contribution in [-0.4, -0.2) is 9.81 Å². The van der Waals surface area contributed by atoms with Crippen LogP contribution in [0.5, 0.6) is 0 Å². The average Bonchev–Trinajstić information content (AvgIpc) is 3.22. The molecule has 1 fully saturated rings. The van der Waals surface area contributed by atoms with Crippen LogP contribution in [0, 0.1) is 5.92 Å². The first-order valence-corrected chi connectivity index (χ1v) is 9.08. The summed E-state index contributed by atoms with van der Waals surface area (Å²) in [7, 11) is 0. The van der Waals surface area contributed by atoms with Gasteiger partial charge in [0, 0.05) is 11.2 Å². The summed E-state index contributed by atoms with van der Waals surface area (Å²) in [5.74, 6) is 1.48. The Morgan fingerprint density at radius 1 is 1.10 bits per heavy atom. The second-order valence-corrected chi connectivity index (χ2v) is 8.00. The molecule has 1 aliphatic rings. The Hall–Kier alpha value is -1.19. The van der Waals surface area contributed by atoms with Crippen LogP contribution in [0.25, 0.3) is 10.2 Å². The van der Waals surface area contributed by atoms with Crippen LogP contribution >= 0.6 is 27.3 Å². The van der Waals surface area contributed by atoms with E-state index < -0.39 is 0 Å². The first-order chi connectivity index (χ1) is 10.3. The number of thiazole rings is 1. The smallest absolute Gasteiger partial charge is 0.0949 e.